The van der Waals surface area contributed by atoms with Crippen molar-refractivity contribution in [1.29, 1.82) is 0 Å². The van der Waals surface area contributed by atoms with E-state index in [0.29, 0.717) is 34.2 Å². The summed E-state index contributed by atoms with van der Waals surface area (Å²) in [5.74, 6) is 1.82. The number of nitrogens with one attached hydrogen (secondary N) is 1. The van der Waals surface area contributed by atoms with Gasteiger partial charge in [0.1, 0.15) is 18.5 Å². The van der Waals surface area contributed by atoms with Crippen molar-refractivity contribution >= 4 is 23.2 Å². The van der Waals surface area contributed by atoms with Gasteiger partial charge in [0.15, 0.2) is 0 Å². The van der Waals surface area contributed by atoms with E-state index < -0.39 is 6.10 Å². The molecule has 0 amide bonds. The van der Waals surface area contributed by atoms with E-state index in [1.807, 2.05) is 0 Å². The summed E-state index contributed by atoms with van der Waals surface area (Å²) >= 11 is 11.7. The van der Waals surface area contributed by atoms with Crippen LogP contribution < -0.4 is 10.1 Å². The second kappa shape index (κ2) is 8.73. The van der Waals surface area contributed by atoms with Gasteiger partial charge in [-0.3, -0.25) is 0 Å². The first-order valence-electron chi connectivity index (χ1n) is 6.86. The van der Waals surface area contributed by atoms with Crippen molar-refractivity contribution in [2.75, 3.05) is 19.7 Å². The largest absolute Gasteiger partial charge is 0.491 e. The molecule has 0 fully saturated rings. The van der Waals surface area contributed by atoms with Crippen LogP contribution in [0.4, 0.5) is 0 Å². The molecule has 0 heterocycles. The number of rotatable bonds is 8. The van der Waals surface area contributed by atoms with Crippen molar-refractivity contribution in [3.05, 3.63) is 28.2 Å². The van der Waals surface area contributed by atoms with Gasteiger partial charge in [-0.25, -0.2) is 0 Å². The van der Waals surface area contributed by atoms with Gasteiger partial charge < -0.3 is 15.2 Å². The van der Waals surface area contributed by atoms with Crippen LogP contribution in [-0.2, 0) is 0 Å². The van der Waals surface area contributed by atoms with E-state index >= 15 is 0 Å². The van der Waals surface area contributed by atoms with E-state index in [1.165, 1.54) is 0 Å². The third-order valence-corrected chi connectivity index (χ3v) is 4.06. The van der Waals surface area contributed by atoms with Gasteiger partial charge in [0.2, 0.25) is 0 Å². The molecule has 0 radical (unpaired) electrons. The fraction of sp³-hybridized carbons (Fsp3) is 0.600. The van der Waals surface area contributed by atoms with Crippen LogP contribution in [0.3, 0.4) is 0 Å². The molecule has 0 saturated heterocycles. The Morgan fingerprint density at radius 2 is 1.85 bits per heavy atom. The highest BCUT2D eigenvalue weighted by molar-refractivity contribution is 6.42. The molecule has 0 spiro atoms. The topological polar surface area (TPSA) is 41.5 Å². The minimum atomic E-state index is -0.552. The van der Waals surface area contributed by atoms with Crippen LogP contribution in [0.2, 0.25) is 10.0 Å². The number of hydrogen-bond acceptors (Lipinski definition) is 3. The maximum atomic E-state index is 9.84. The number of aliphatic hydroxyl groups is 1. The van der Waals surface area contributed by atoms with Gasteiger partial charge in [-0.15, -0.1) is 0 Å². The van der Waals surface area contributed by atoms with E-state index in [-0.39, 0.29) is 6.61 Å². The monoisotopic (exact) mass is 319 g/mol. The number of ether oxygens (including phenoxy) is 1. The molecule has 0 bridgehead atoms. The highest BCUT2D eigenvalue weighted by atomic mass is 35.5. The lowest BCUT2D eigenvalue weighted by Gasteiger charge is -2.18. The molecule has 0 aliphatic carbocycles. The van der Waals surface area contributed by atoms with Crippen molar-refractivity contribution < 1.29 is 9.84 Å². The first-order valence-corrected chi connectivity index (χ1v) is 7.62. The minimum Gasteiger partial charge on any atom is -0.491 e. The summed E-state index contributed by atoms with van der Waals surface area (Å²) in [7, 11) is 0. The molecule has 114 valence electrons. The molecule has 2 unspecified atom stereocenters. The average molecular weight is 320 g/mol. The van der Waals surface area contributed by atoms with Crippen LogP contribution in [0, 0.1) is 11.8 Å². The molecule has 2 N–H and O–H groups in total. The smallest absolute Gasteiger partial charge is 0.121 e. The first kappa shape index (κ1) is 17.6. The molecule has 0 aliphatic rings. The van der Waals surface area contributed by atoms with Crippen LogP contribution in [-0.4, -0.2) is 30.9 Å². The number of hydrogen-bond donors (Lipinski definition) is 2. The Bertz CT molecular complexity index is 413. The van der Waals surface area contributed by atoms with Gasteiger partial charge in [0.25, 0.3) is 0 Å². The van der Waals surface area contributed by atoms with E-state index in [2.05, 4.69) is 26.1 Å². The quantitative estimate of drug-likeness (QED) is 0.769. The van der Waals surface area contributed by atoms with Crippen LogP contribution in [0.25, 0.3) is 0 Å². The minimum absolute atomic E-state index is 0.223. The molecule has 0 aromatic heterocycles. The Kier molecular flexibility index (Phi) is 7.67. The van der Waals surface area contributed by atoms with Crippen LogP contribution in [0.15, 0.2) is 18.2 Å². The van der Waals surface area contributed by atoms with Gasteiger partial charge in [0.05, 0.1) is 10.0 Å². The first-order chi connectivity index (χ1) is 9.40. The number of halogens is 2. The Labute approximate surface area is 131 Å². The van der Waals surface area contributed by atoms with Crippen LogP contribution >= 0.6 is 23.2 Å². The highest BCUT2D eigenvalue weighted by Crippen LogP contribution is 2.26. The predicted octanol–water partition coefficient (Wildman–Crippen LogP) is 3.61. The molecule has 0 aliphatic heterocycles. The maximum absolute atomic E-state index is 9.84. The lowest BCUT2D eigenvalue weighted by Crippen LogP contribution is -2.34. The summed E-state index contributed by atoms with van der Waals surface area (Å²) in [5, 5.41) is 14.0. The molecule has 20 heavy (non-hydrogen) atoms. The molecule has 1 rings (SSSR count). The van der Waals surface area contributed by atoms with Crippen molar-refractivity contribution in [2.24, 2.45) is 11.8 Å². The zero-order chi connectivity index (χ0) is 15.1. The summed E-state index contributed by atoms with van der Waals surface area (Å²) in [6.07, 6.45) is -0.552. The van der Waals surface area contributed by atoms with Crippen molar-refractivity contribution in [3.63, 3.8) is 0 Å². The van der Waals surface area contributed by atoms with Crippen molar-refractivity contribution in [1.82, 2.24) is 5.32 Å². The normalized spacial score (nSPS) is 14.3. The van der Waals surface area contributed by atoms with Gasteiger partial charge in [-0.05, 0) is 30.5 Å². The third kappa shape index (κ3) is 6.31. The second-order valence-electron chi connectivity index (χ2n) is 5.42. The van der Waals surface area contributed by atoms with Crippen LogP contribution in [0.5, 0.6) is 5.75 Å². The molecule has 3 nitrogen and oxygen atoms in total. The average Bonchev–Trinajstić information content (AvgIpc) is 2.40. The lowest BCUT2D eigenvalue weighted by molar-refractivity contribution is 0.105. The fourth-order valence-corrected chi connectivity index (χ4v) is 1.82. The zero-order valence-electron chi connectivity index (χ0n) is 12.2. The second-order valence-corrected chi connectivity index (χ2v) is 6.23. The Morgan fingerprint density at radius 3 is 2.45 bits per heavy atom. The maximum Gasteiger partial charge on any atom is 0.121 e. The lowest BCUT2D eigenvalue weighted by atomic mass is 9.98. The Balaban J connectivity index is 2.25. The van der Waals surface area contributed by atoms with E-state index in [1.54, 1.807) is 18.2 Å². The number of aliphatic hydroxyl groups excluding tert-OH is 1. The van der Waals surface area contributed by atoms with Crippen molar-refractivity contribution in [2.45, 2.75) is 26.9 Å². The highest BCUT2D eigenvalue weighted by Gasteiger charge is 2.09. The summed E-state index contributed by atoms with van der Waals surface area (Å²) in [5.41, 5.74) is 0. The molecule has 1 aromatic carbocycles. The zero-order valence-corrected chi connectivity index (χ0v) is 13.7. The SMILES string of the molecule is CC(C)C(C)CNCC(O)COc1ccc(Cl)c(Cl)c1. The fourth-order valence-electron chi connectivity index (χ4n) is 1.53. The predicted molar refractivity (Wildman–Crippen MR) is 84.8 cm³/mol. The van der Waals surface area contributed by atoms with Gasteiger partial charge >= 0.3 is 0 Å². The molecule has 2 atom stereocenters. The van der Waals surface area contributed by atoms with Gasteiger partial charge in [-0.1, -0.05) is 44.0 Å². The Morgan fingerprint density at radius 1 is 1.15 bits per heavy atom. The molecular formula is C15H23Cl2NO2. The van der Waals surface area contributed by atoms with Crippen molar-refractivity contribution in [3.8, 4) is 5.75 Å². The third-order valence-electron chi connectivity index (χ3n) is 3.32. The molecular weight excluding hydrogens is 297 g/mol. The molecule has 0 saturated carbocycles. The van der Waals surface area contributed by atoms with E-state index in [0.717, 1.165) is 6.54 Å². The summed E-state index contributed by atoms with van der Waals surface area (Å²) < 4.78 is 5.48. The van der Waals surface area contributed by atoms with Gasteiger partial charge in [-0.2, -0.15) is 0 Å². The summed E-state index contributed by atoms with van der Waals surface area (Å²) in [6, 6.07) is 5.05. The standard InChI is InChI=1S/C15H23Cl2NO2/c1-10(2)11(3)7-18-8-12(19)9-20-13-4-5-14(16)15(17)6-13/h4-6,10-12,18-19H,7-9H2,1-3H3. The van der Waals surface area contributed by atoms with Crippen LogP contribution in [0.1, 0.15) is 20.8 Å². The van der Waals surface area contributed by atoms with Gasteiger partial charge in [0, 0.05) is 12.6 Å². The summed E-state index contributed by atoms with van der Waals surface area (Å²) in [4.78, 5) is 0. The number of benzene rings is 1. The van der Waals surface area contributed by atoms with E-state index in [4.69, 9.17) is 27.9 Å². The Hall–Kier alpha value is -0.480. The van der Waals surface area contributed by atoms with E-state index in [9.17, 15) is 5.11 Å². The summed E-state index contributed by atoms with van der Waals surface area (Å²) in [6.45, 7) is 8.20. The molecule has 5 heteroatoms. The molecule has 1 aromatic rings.